The predicted molar refractivity (Wildman–Crippen MR) is 65.0 cm³/mol. The minimum Gasteiger partial charge on any atom is -0.479 e. The minimum atomic E-state index is -0.825. The summed E-state index contributed by atoms with van der Waals surface area (Å²) in [6.45, 7) is 4.36. The van der Waals surface area contributed by atoms with Crippen LogP contribution in [0, 0.1) is 5.92 Å². The Hall–Kier alpha value is -0.610. The average Bonchev–Trinajstić information content (AvgIpc) is 3.15. The van der Waals surface area contributed by atoms with E-state index >= 15 is 0 Å². The molecule has 0 heterocycles. The lowest BCUT2D eigenvalue weighted by molar-refractivity contribution is -0.150. The van der Waals surface area contributed by atoms with E-state index in [1.165, 1.54) is 32.2 Å². The number of carbonyl (C=O) groups is 1. The molecular formula is C13H23NO3. The summed E-state index contributed by atoms with van der Waals surface area (Å²) in [5, 5.41) is 9.02. The standard InChI is InChI=1S/C13H23NO3/c1-2-17-12(13(15)16)7-8-14(11-5-6-11)9-10-3-4-10/h10-12H,2-9H2,1H3,(H,15,16). The number of hydrogen-bond donors (Lipinski definition) is 1. The quantitative estimate of drug-likeness (QED) is 0.668. The van der Waals surface area contributed by atoms with Crippen LogP contribution in [0.3, 0.4) is 0 Å². The van der Waals surface area contributed by atoms with Crippen molar-refractivity contribution in [1.29, 1.82) is 0 Å². The van der Waals surface area contributed by atoms with Crippen molar-refractivity contribution >= 4 is 5.97 Å². The first kappa shape index (κ1) is 12.8. The molecule has 0 aromatic rings. The maximum atomic E-state index is 11.0. The van der Waals surface area contributed by atoms with Gasteiger partial charge in [-0.25, -0.2) is 4.79 Å². The molecule has 0 amide bonds. The lowest BCUT2D eigenvalue weighted by Gasteiger charge is -2.23. The van der Waals surface area contributed by atoms with E-state index in [4.69, 9.17) is 9.84 Å². The maximum absolute atomic E-state index is 11.0. The fraction of sp³-hybridized carbons (Fsp3) is 0.923. The first-order chi connectivity index (χ1) is 8.20. The molecular weight excluding hydrogens is 218 g/mol. The molecule has 4 heteroatoms. The van der Waals surface area contributed by atoms with Gasteiger partial charge in [0.15, 0.2) is 6.10 Å². The van der Waals surface area contributed by atoms with Gasteiger partial charge < -0.3 is 9.84 Å². The highest BCUT2D eigenvalue weighted by atomic mass is 16.5. The van der Waals surface area contributed by atoms with E-state index in [-0.39, 0.29) is 0 Å². The van der Waals surface area contributed by atoms with Gasteiger partial charge in [-0.3, -0.25) is 4.90 Å². The molecule has 0 spiro atoms. The van der Waals surface area contributed by atoms with E-state index in [2.05, 4.69) is 4.90 Å². The van der Waals surface area contributed by atoms with Gasteiger partial charge >= 0.3 is 5.97 Å². The Kier molecular flexibility index (Phi) is 4.40. The van der Waals surface area contributed by atoms with Crippen LogP contribution in [0.5, 0.6) is 0 Å². The summed E-state index contributed by atoms with van der Waals surface area (Å²) in [5.41, 5.74) is 0. The molecule has 0 saturated heterocycles. The van der Waals surface area contributed by atoms with Gasteiger partial charge in [-0.15, -0.1) is 0 Å². The van der Waals surface area contributed by atoms with Crippen molar-refractivity contribution in [2.75, 3.05) is 19.7 Å². The number of nitrogens with zero attached hydrogens (tertiary/aromatic N) is 1. The molecule has 1 atom stereocenters. The zero-order valence-corrected chi connectivity index (χ0v) is 10.6. The van der Waals surface area contributed by atoms with Crippen LogP contribution in [0.4, 0.5) is 0 Å². The number of carboxylic acid groups (broad SMARTS) is 1. The van der Waals surface area contributed by atoms with Crippen LogP contribution < -0.4 is 0 Å². The molecule has 2 aliphatic rings. The summed E-state index contributed by atoms with van der Waals surface area (Å²) in [6, 6.07) is 0.728. The van der Waals surface area contributed by atoms with E-state index in [1.54, 1.807) is 0 Å². The second-order valence-corrected chi connectivity index (χ2v) is 5.24. The molecule has 4 nitrogen and oxygen atoms in total. The van der Waals surface area contributed by atoms with Gasteiger partial charge in [0.2, 0.25) is 0 Å². The van der Waals surface area contributed by atoms with Crippen molar-refractivity contribution in [3.8, 4) is 0 Å². The molecule has 1 unspecified atom stereocenters. The first-order valence-electron chi connectivity index (χ1n) is 6.79. The number of ether oxygens (including phenoxy) is 1. The van der Waals surface area contributed by atoms with Crippen LogP contribution in [-0.2, 0) is 9.53 Å². The normalized spacial score (nSPS) is 21.8. The minimum absolute atomic E-state index is 0.475. The Labute approximate surface area is 103 Å². The highest BCUT2D eigenvalue weighted by Gasteiger charge is 2.34. The number of aliphatic carboxylic acids is 1. The lowest BCUT2D eigenvalue weighted by Crippen LogP contribution is -2.34. The van der Waals surface area contributed by atoms with Crippen molar-refractivity contribution in [2.24, 2.45) is 5.92 Å². The summed E-state index contributed by atoms with van der Waals surface area (Å²) >= 11 is 0. The topological polar surface area (TPSA) is 49.8 Å². The van der Waals surface area contributed by atoms with Gasteiger partial charge in [0.05, 0.1) is 0 Å². The van der Waals surface area contributed by atoms with Gasteiger partial charge in [-0.1, -0.05) is 0 Å². The Morgan fingerprint density at radius 1 is 1.41 bits per heavy atom. The van der Waals surface area contributed by atoms with E-state index in [9.17, 15) is 4.79 Å². The molecule has 17 heavy (non-hydrogen) atoms. The van der Waals surface area contributed by atoms with Gasteiger partial charge in [-0.2, -0.15) is 0 Å². The van der Waals surface area contributed by atoms with Crippen LogP contribution in [0.1, 0.15) is 39.0 Å². The van der Waals surface area contributed by atoms with E-state index in [1.807, 2.05) is 6.92 Å². The second kappa shape index (κ2) is 5.83. The van der Waals surface area contributed by atoms with Crippen LogP contribution in [0.25, 0.3) is 0 Å². The zero-order valence-electron chi connectivity index (χ0n) is 10.6. The third-order valence-corrected chi connectivity index (χ3v) is 3.57. The van der Waals surface area contributed by atoms with Crippen molar-refractivity contribution in [2.45, 2.75) is 51.2 Å². The third kappa shape index (κ3) is 4.28. The molecule has 0 radical (unpaired) electrons. The van der Waals surface area contributed by atoms with Crippen molar-refractivity contribution in [1.82, 2.24) is 4.90 Å². The SMILES string of the molecule is CCOC(CCN(CC1CC1)C1CC1)C(=O)O. The van der Waals surface area contributed by atoms with Crippen molar-refractivity contribution < 1.29 is 14.6 Å². The molecule has 0 bridgehead atoms. The van der Waals surface area contributed by atoms with Gasteiger partial charge in [0.1, 0.15) is 0 Å². The highest BCUT2D eigenvalue weighted by molar-refractivity contribution is 5.72. The molecule has 2 saturated carbocycles. The Bertz CT molecular complexity index is 261. The fourth-order valence-electron chi connectivity index (χ4n) is 2.26. The second-order valence-electron chi connectivity index (χ2n) is 5.24. The van der Waals surface area contributed by atoms with Crippen molar-refractivity contribution in [3.05, 3.63) is 0 Å². The van der Waals surface area contributed by atoms with Crippen LogP contribution in [0.2, 0.25) is 0 Å². The van der Waals surface area contributed by atoms with Crippen molar-refractivity contribution in [3.63, 3.8) is 0 Å². The smallest absolute Gasteiger partial charge is 0.332 e. The molecule has 0 aromatic heterocycles. The number of carboxylic acids is 1. The van der Waals surface area contributed by atoms with Gasteiger partial charge in [-0.05, 0) is 44.9 Å². The highest BCUT2D eigenvalue weighted by Crippen LogP contribution is 2.34. The summed E-state index contributed by atoms with van der Waals surface area (Å²) in [7, 11) is 0. The molecule has 1 N–H and O–H groups in total. The Morgan fingerprint density at radius 2 is 2.12 bits per heavy atom. The summed E-state index contributed by atoms with van der Waals surface area (Å²) in [4.78, 5) is 13.5. The molecule has 2 fully saturated rings. The summed E-state index contributed by atoms with van der Waals surface area (Å²) in [5.74, 6) is 0.0555. The molecule has 2 aliphatic carbocycles. The molecule has 0 aliphatic heterocycles. The Morgan fingerprint density at radius 3 is 2.59 bits per heavy atom. The van der Waals surface area contributed by atoms with Gasteiger partial charge in [0.25, 0.3) is 0 Å². The molecule has 2 rings (SSSR count). The largest absolute Gasteiger partial charge is 0.479 e. The van der Waals surface area contributed by atoms with Crippen LogP contribution >= 0.6 is 0 Å². The average molecular weight is 241 g/mol. The number of rotatable bonds is 9. The van der Waals surface area contributed by atoms with E-state index in [0.29, 0.717) is 13.0 Å². The van der Waals surface area contributed by atoms with E-state index < -0.39 is 12.1 Å². The first-order valence-corrected chi connectivity index (χ1v) is 6.79. The Balaban J connectivity index is 1.73. The van der Waals surface area contributed by atoms with Gasteiger partial charge in [0, 0.05) is 25.7 Å². The van der Waals surface area contributed by atoms with Crippen LogP contribution in [-0.4, -0.2) is 47.8 Å². The monoisotopic (exact) mass is 241 g/mol. The maximum Gasteiger partial charge on any atom is 0.332 e. The lowest BCUT2D eigenvalue weighted by atomic mass is 10.2. The van der Waals surface area contributed by atoms with E-state index in [0.717, 1.165) is 18.5 Å². The van der Waals surface area contributed by atoms with Crippen LogP contribution in [0.15, 0.2) is 0 Å². The summed E-state index contributed by atoms with van der Waals surface area (Å²) < 4.78 is 5.25. The molecule has 98 valence electrons. The summed E-state index contributed by atoms with van der Waals surface area (Å²) in [6.07, 6.45) is 5.29. The number of hydrogen-bond acceptors (Lipinski definition) is 3. The zero-order chi connectivity index (χ0) is 12.3. The molecule has 0 aromatic carbocycles. The third-order valence-electron chi connectivity index (χ3n) is 3.57. The fourth-order valence-corrected chi connectivity index (χ4v) is 2.26. The predicted octanol–water partition coefficient (Wildman–Crippen LogP) is 1.74.